The highest BCUT2D eigenvalue weighted by Crippen LogP contribution is 2.61. The smallest absolute Gasteiger partial charge is 0.393 e. The summed E-state index contributed by atoms with van der Waals surface area (Å²) in [6, 6.07) is 0. The van der Waals surface area contributed by atoms with E-state index in [9.17, 15) is 63.0 Å². The number of nitrogens with two attached hydrogens (primary N) is 1. The Morgan fingerprint density at radius 2 is 1.71 bits per heavy atom. The second-order valence-corrected chi connectivity index (χ2v) is 19.0. The number of aromatic nitrogens is 4. The third-order valence-corrected chi connectivity index (χ3v) is 12.4. The number of hydrogen-bond acceptors (Lipinski definition) is 19. The zero-order chi connectivity index (χ0) is 43.5. The first-order valence-electron chi connectivity index (χ1n) is 17.7. The van der Waals surface area contributed by atoms with Crippen molar-refractivity contribution in [3.63, 3.8) is 0 Å². The van der Waals surface area contributed by atoms with Crippen molar-refractivity contribution in [3.05, 3.63) is 12.7 Å². The number of phosphoric ester groups is 3. The van der Waals surface area contributed by atoms with Gasteiger partial charge >= 0.3 is 23.5 Å². The van der Waals surface area contributed by atoms with Crippen molar-refractivity contribution in [1.82, 2.24) is 30.2 Å². The highest BCUT2D eigenvalue weighted by Gasteiger charge is 2.50. The van der Waals surface area contributed by atoms with Crippen molar-refractivity contribution in [3.8, 4) is 0 Å². The molecule has 3 heterocycles. The average molecular weight is 910 g/mol. The molecule has 0 aliphatic carbocycles. The predicted molar refractivity (Wildman–Crippen MR) is 202 cm³/mol. The van der Waals surface area contributed by atoms with Gasteiger partial charge in [0.1, 0.15) is 36.3 Å². The Hall–Kier alpha value is -2.48. The van der Waals surface area contributed by atoms with Crippen LogP contribution in [0.1, 0.15) is 65.5 Å². The summed E-state index contributed by atoms with van der Waals surface area (Å²) < 4.78 is 62.1. The summed E-state index contributed by atoms with van der Waals surface area (Å²) in [6.45, 7) is 2.34. The molecular weight excluding hydrogens is 859 g/mol. The van der Waals surface area contributed by atoms with Crippen molar-refractivity contribution in [2.45, 2.75) is 96.0 Å². The molecule has 11 N–H and O–H groups in total. The van der Waals surface area contributed by atoms with Crippen molar-refractivity contribution in [2.75, 3.05) is 37.8 Å². The number of aliphatic hydroxyl groups is 3. The van der Waals surface area contributed by atoms with Crippen LogP contribution in [0.5, 0.6) is 0 Å². The molecule has 0 radical (unpaired) electrons. The fraction of sp³-hybridized carbons (Fsp3) is 0.724. The highest BCUT2D eigenvalue weighted by atomic mass is 32.2. The van der Waals surface area contributed by atoms with Gasteiger partial charge in [0, 0.05) is 37.1 Å². The van der Waals surface area contributed by atoms with E-state index in [1.54, 1.807) is 0 Å². The second kappa shape index (κ2) is 21.9. The van der Waals surface area contributed by atoms with Crippen molar-refractivity contribution in [2.24, 2.45) is 5.41 Å². The van der Waals surface area contributed by atoms with Gasteiger partial charge in [-0.3, -0.25) is 32.5 Å². The summed E-state index contributed by atoms with van der Waals surface area (Å²) >= 11 is 1.07. The number of fused-ring (bicyclic) bond motifs is 1. The molecule has 0 saturated carbocycles. The normalized spacial score (nSPS) is 21.9. The van der Waals surface area contributed by atoms with E-state index in [0.717, 1.165) is 35.4 Å². The number of imidazole rings is 1. The molecule has 1 aliphatic rings. The van der Waals surface area contributed by atoms with E-state index in [-0.39, 0.29) is 47.7 Å². The van der Waals surface area contributed by atoms with Crippen LogP contribution in [0.3, 0.4) is 0 Å². The lowest BCUT2D eigenvalue weighted by atomic mass is 9.87. The number of nitrogen functional groups attached to an aromatic ring is 1. The maximum absolute atomic E-state index is 12.7. The molecule has 29 heteroatoms. The van der Waals surface area contributed by atoms with Gasteiger partial charge in [0.15, 0.2) is 22.8 Å². The standard InChI is InChI=1S/C29H50N7O18P3S/c1-4-17(37)7-5-6-8-20(39)58-12-11-31-19(38)9-10-32-27(42)24(41)29(2,3)14-51-57(48,49)54-56(46,47)50-13-18-23(53-55(43,44)45)22(40)28(52-18)36-16-35-21-25(30)33-15-34-26(21)36/h15-18,22-24,28,37,40-41H,4-14H2,1-3H3,(H,31,38)(H,32,42)(H,46,47)(H,48,49)(H2,30,33,34)(H2,43,44,45). The predicted octanol–water partition coefficient (Wildman–Crippen LogP) is -0.00400. The minimum atomic E-state index is -5.58. The Bertz CT molecular complexity index is 1850. The monoisotopic (exact) mass is 909 g/mol. The fourth-order valence-electron chi connectivity index (χ4n) is 5.22. The van der Waals surface area contributed by atoms with Gasteiger partial charge in [0.2, 0.25) is 11.8 Å². The van der Waals surface area contributed by atoms with Gasteiger partial charge in [-0.1, -0.05) is 39.0 Å². The molecule has 0 aromatic carbocycles. The second-order valence-electron chi connectivity index (χ2n) is 13.6. The van der Waals surface area contributed by atoms with Crippen LogP contribution in [0.2, 0.25) is 0 Å². The minimum Gasteiger partial charge on any atom is -0.393 e. The number of unbranched alkanes of at least 4 members (excludes halogenated alkanes) is 1. The number of ether oxygens (including phenoxy) is 1. The van der Waals surface area contributed by atoms with Crippen molar-refractivity contribution >= 4 is 69.1 Å². The summed E-state index contributed by atoms with van der Waals surface area (Å²) in [5.41, 5.74) is 4.25. The lowest BCUT2D eigenvalue weighted by Gasteiger charge is -2.30. The molecule has 58 heavy (non-hydrogen) atoms. The number of rotatable bonds is 25. The van der Waals surface area contributed by atoms with Crippen LogP contribution < -0.4 is 16.4 Å². The summed E-state index contributed by atoms with van der Waals surface area (Å²) in [4.78, 5) is 87.6. The van der Waals surface area contributed by atoms with Crippen LogP contribution in [0, 0.1) is 5.41 Å². The topological polar surface area (TPSA) is 384 Å². The van der Waals surface area contributed by atoms with Gasteiger partial charge in [-0.05, 0) is 19.3 Å². The maximum Gasteiger partial charge on any atom is 0.481 e. The number of amides is 2. The van der Waals surface area contributed by atoms with Crippen LogP contribution in [-0.4, -0.2) is 134 Å². The third kappa shape index (κ3) is 15.8. The molecule has 25 nitrogen and oxygen atoms in total. The average Bonchev–Trinajstić information content (AvgIpc) is 3.69. The molecule has 8 unspecified atom stereocenters. The molecule has 8 atom stereocenters. The first-order valence-corrected chi connectivity index (χ1v) is 23.2. The lowest BCUT2D eigenvalue weighted by molar-refractivity contribution is -0.137. The largest absolute Gasteiger partial charge is 0.481 e. The van der Waals surface area contributed by atoms with E-state index in [0.29, 0.717) is 31.4 Å². The van der Waals surface area contributed by atoms with Gasteiger partial charge in [-0.2, -0.15) is 4.31 Å². The van der Waals surface area contributed by atoms with Gasteiger partial charge in [-0.15, -0.1) is 0 Å². The summed E-state index contributed by atoms with van der Waals surface area (Å²) in [5, 5.41) is 35.9. The van der Waals surface area contributed by atoms with E-state index >= 15 is 0 Å². The number of aliphatic hydroxyl groups excluding tert-OH is 3. The number of phosphoric acid groups is 3. The number of carbonyl (C=O) groups is 3. The number of anilines is 1. The maximum atomic E-state index is 12.7. The highest BCUT2D eigenvalue weighted by molar-refractivity contribution is 8.13. The fourth-order valence-corrected chi connectivity index (χ4v) is 8.77. The number of nitrogens with zero attached hydrogens (tertiary/aromatic N) is 4. The van der Waals surface area contributed by atoms with Crippen LogP contribution in [0.25, 0.3) is 11.2 Å². The third-order valence-electron chi connectivity index (χ3n) is 8.40. The van der Waals surface area contributed by atoms with E-state index in [4.69, 9.17) is 19.5 Å². The Morgan fingerprint density at radius 1 is 1.02 bits per heavy atom. The summed E-state index contributed by atoms with van der Waals surface area (Å²) in [5.74, 6) is -1.13. The van der Waals surface area contributed by atoms with Crippen LogP contribution in [0.4, 0.5) is 5.82 Å². The van der Waals surface area contributed by atoms with Crippen LogP contribution >= 0.6 is 35.2 Å². The molecule has 1 aliphatic heterocycles. The number of thioether (sulfide) groups is 1. The number of hydrogen-bond donors (Lipinski definition) is 10. The number of nitrogens with one attached hydrogen (secondary N) is 2. The van der Waals surface area contributed by atoms with E-state index in [2.05, 4.69) is 34.4 Å². The molecule has 1 saturated heterocycles. The van der Waals surface area contributed by atoms with Crippen molar-refractivity contribution < 1.29 is 85.6 Å². The van der Waals surface area contributed by atoms with Crippen molar-refractivity contribution in [1.29, 1.82) is 0 Å². The molecule has 0 spiro atoms. The molecular formula is C29H50N7O18P3S. The van der Waals surface area contributed by atoms with E-state index in [1.165, 1.54) is 13.8 Å². The van der Waals surface area contributed by atoms with Gasteiger partial charge in [0.05, 0.1) is 25.6 Å². The van der Waals surface area contributed by atoms with Gasteiger partial charge < -0.3 is 56.0 Å². The SMILES string of the molecule is CCC(O)CCCCC(=O)SCCNC(=O)CCNC(=O)C(O)C(C)(C)COP(=O)(O)OP(=O)(O)OCC1OC(n2cnc3c(N)ncnc32)C(O)C1OP(=O)(O)O. The lowest BCUT2D eigenvalue weighted by Crippen LogP contribution is -2.46. The Labute approximate surface area is 336 Å². The van der Waals surface area contributed by atoms with Gasteiger partial charge in [0.25, 0.3) is 0 Å². The van der Waals surface area contributed by atoms with Crippen LogP contribution in [-0.2, 0) is 50.7 Å². The Kier molecular flexibility index (Phi) is 18.8. The first-order chi connectivity index (χ1) is 26.9. The molecule has 2 aromatic rings. The Balaban J connectivity index is 1.44. The minimum absolute atomic E-state index is 0.0279. The molecule has 330 valence electrons. The molecule has 0 bridgehead atoms. The first kappa shape index (κ1) is 49.9. The number of carbonyl (C=O) groups excluding carboxylic acids is 3. The zero-order valence-electron chi connectivity index (χ0n) is 31.6. The zero-order valence-corrected chi connectivity index (χ0v) is 35.1. The van der Waals surface area contributed by atoms with Crippen LogP contribution in [0.15, 0.2) is 12.7 Å². The molecule has 3 rings (SSSR count). The molecule has 2 amide bonds. The summed E-state index contributed by atoms with van der Waals surface area (Å²) in [7, 11) is -16.4. The van der Waals surface area contributed by atoms with Gasteiger partial charge in [-0.25, -0.2) is 28.6 Å². The quantitative estimate of drug-likeness (QED) is 0.0463. The van der Waals surface area contributed by atoms with E-state index < -0.39 is 84.6 Å². The molecule has 2 aromatic heterocycles. The molecule has 1 fully saturated rings. The van der Waals surface area contributed by atoms with E-state index in [1.807, 2.05) is 6.92 Å². The summed E-state index contributed by atoms with van der Waals surface area (Å²) in [6.07, 6.45) is -4.27. The Morgan fingerprint density at radius 3 is 2.38 bits per heavy atom.